The Morgan fingerprint density at radius 3 is 2.42 bits per heavy atom. The monoisotopic (exact) mass is 1010 g/mol. The predicted molar refractivity (Wildman–Crippen MR) is 273 cm³/mol. The zero-order valence-electron chi connectivity index (χ0n) is 41.7. The van der Waals surface area contributed by atoms with E-state index in [1.807, 2.05) is 24.1 Å². The van der Waals surface area contributed by atoms with E-state index in [1.165, 1.54) is 31.4 Å². The lowest BCUT2D eigenvalue weighted by atomic mass is 9.95. The normalized spacial score (nSPS) is 21.7. The van der Waals surface area contributed by atoms with Crippen molar-refractivity contribution in [3.8, 4) is 47.3 Å². The van der Waals surface area contributed by atoms with E-state index >= 15 is 8.78 Å². The van der Waals surface area contributed by atoms with Crippen LogP contribution < -0.4 is 24.6 Å². The van der Waals surface area contributed by atoms with Crippen molar-refractivity contribution < 1.29 is 37.7 Å². The fourth-order valence-electron chi connectivity index (χ4n) is 11.8. The minimum absolute atomic E-state index is 0.0117. The van der Waals surface area contributed by atoms with E-state index in [2.05, 4.69) is 48.0 Å². The van der Waals surface area contributed by atoms with Gasteiger partial charge in [-0.3, -0.25) is 24.6 Å². The molecule has 74 heavy (non-hydrogen) atoms. The second-order valence-electron chi connectivity index (χ2n) is 21.0. The molecule has 384 valence electrons. The number of halogens is 2. The van der Waals surface area contributed by atoms with Crippen molar-refractivity contribution in [1.29, 1.82) is 5.26 Å². The summed E-state index contributed by atoms with van der Waals surface area (Å²) in [6, 6.07) is 12.9. The zero-order chi connectivity index (χ0) is 51.4. The lowest BCUT2D eigenvalue weighted by Gasteiger charge is -2.40. The van der Waals surface area contributed by atoms with Crippen molar-refractivity contribution in [2.24, 2.45) is 11.3 Å². The Hall–Kier alpha value is -7.19. The number of aromatic nitrogens is 3. The molecule has 5 aliphatic heterocycles. The van der Waals surface area contributed by atoms with Gasteiger partial charge in [0.05, 0.1) is 31.8 Å². The molecule has 4 saturated heterocycles. The highest BCUT2D eigenvalue weighted by Crippen LogP contribution is 2.47. The van der Waals surface area contributed by atoms with Crippen LogP contribution in [0, 0.1) is 46.6 Å². The minimum Gasteiger partial charge on any atom is -0.508 e. The van der Waals surface area contributed by atoms with Gasteiger partial charge in [-0.1, -0.05) is 12.0 Å². The summed E-state index contributed by atoms with van der Waals surface area (Å²) in [7, 11) is 3.39. The number of nitriles is 1. The molecule has 5 aromatic rings. The Balaban J connectivity index is 0.750. The fourth-order valence-corrected chi connectivity index (χ4v) is 11.8. The summed E-state index contributed by atoms with van der Waals surface area (Å²) in [6.07, 6.45) is 10.7. The summed E-state index contributed by atoms with van der Waals surface area (Å²) >= 11 is 0. The Morgan fingerprint density at radius 2 is 1.69 bits per heavy atom. The summed E-state index contributed by atoms with van der Waals surface area (Å²) in [5.74, 6) is 0.782. The number of terminal acetylenes is 1. The highest BCUT2D eigenvalue weighted by molar-refractivity contribution is 6.06. The molecule has 2 N–H and O–H groups in total. The number of rotatable bonds is 13. The number of hydrogen-bond acceptors (Lipinski definition) is 15. The maximum Gasteiger partial charge on any atom is 0.319 e. The number of pyridine rings is 1. The largest absolute Gasteiger partial charge is 0.508 e. The molecule has 1 aliphatic carbocycles. The average Bonchev–Trinajstić information content (AvgIpc) is 4.09. The van der Waals surface area contributed by atoms with E-state index < -0.39 is 23.6 Å². The minimum atomic E-state index is -0.847. The summed E-state index contributed by atoms with van der Waals surface area (Å²) in [4.78, 5) is 65.0. The number of fused-ring (bicyclic) bond motifs is 3. The molecule has 2 aromatic heterocycles. The molecule has 3 aromatic carbocycles. The van der Waals surface area contributed by atoms with Crippen LogP contribution in [0.25, 0.3) is 32.9 Å². The Bertz CT molecular complexity index is 3160. The molecule has 7 heterocycles. The van der Waals surface area contributed by atoms with Gasteiger partial charge in [-0.2, -0.15) is 15.2 Å². The number of nitrogens with one attached hydrogen (secondary N) is 1. The van der Waals surface area contributed by atoms with Crippen LogP contribution in [0.1, 0.15) is 66.4 Å². The number of carbonyl (C=O) groups excluding carboxylic acids is 3. The number of ether oxygens (including phenoxy) is 2. The van der Waals surface area contributed by atoms with Gasteiger partial charge in [0.2, 0.25) is 17.7 Å². The number of aromatic hydroxyl groups is 1. The third-order valence-electron chi connectivity index (χ3n) is 16.3. The Labute approximate surface area is 428 Å². The molecule has 0 bridgehead atoms. The SMILES string of the molecule is C#Cc1c(F)ccc2cc(O)cc(-c3nc(OC)c4c(N5CCN(C)[C@@H](CC#N)C5)nc(OCC5(CN6CCN(CC7CCN(c8ccc9c(c8)CN(C8CCC(=O)NC8=O)C9=O)CC7)CC6)CC5)nc4c3F)c12. The molecule has 17 nitrogen and oxygen atoms in total. The smallest absolute Gasteiger partial charge is 0.319 e. The van der Waals surface area contributed by atoms with Gasteiger partial charge in [-0.15, -0.1) is 6.42 Å². The van der Waals surface area contributed by atoms with Gasteiger partial charge < -0.3 is 39.1 Å². The first kappa shape index (κ1) is 49.0. The van der Waals surface area contributed by atoms with Crippen LogP contribution in [0.4, 0.5) is 20.3 Å². The number of methoxy groups -OCH3 is 1. The molecule has 19 heteroatoms. The molecule has 0 spiro atoms. The number of imide groups is 1. The summed E-state index contributed by atoms with van der Waals surface area (Å²) < 4.78 is 45.0. The van der Waals surface area contributed by atoms with E-state index in [0.717, 1.165) is 89.3 Å². The van der Waals surface area contributed by atoms with E-state index in [9.17, 15) is 24.8 Å². The fraction of sp³-hybridized carbons (Fsp3) is 0.473. The van der Waals surface area contributed by atoms with Crippen LogP contribution in [0.2, 0.25) is 0 Å². The number of benzene rings is 3. The van der Waals surface area contributed by atoms with Gasteiger partial charge in [-0.25, -0.2) is 13.8 Å². The second-order valence-corrected chi connectivity index (χ2v) is 21.0. The number of piperazine rings is 2. The number of hydrogen-bond donors (Lipinski definition) is 2. The number of phenolic OH excluding ortho intramolecular Hbond substituents is 1. The molecule has 0 radical (unpaired) electrons. The lowest BCUT2D eigenvalue weighted by Crippen LogP contribution is -2.52. The highest BCUT2D eigenvalue weighted by Gasteiger charge is 2.46. The van der Waals surface area contributed by atoms with Gasteiger partial charge in [0.25, 0.3) is 5.91 Å². The van der Waals surface area contributed by atoms with Gasteiger partial charge >= 0.3 is 6.01 Å². The maximum atomic E-state index is 17.4. The van der Waals surface area contributed by atoms with Gasteiger partial charge in [-0.05, 0) is 92.4 Å². The zero-order valence-corrected chi connectivity index (χ0v) is 41.7. The Morgan fingerprint density at radius 1 is 0.905 bits per heavy atom. The van der Waals surface area contributed by atoms with Gasteiger partial charge in [0.1, 0.15) is 40.0 Å². The van der Waals surface area contributed by atoms with E-state index in [0.29, 0.717) is 61.9 Å². The molecule has 6 aliphatic rings. The van der Waals surface area contributed by atoms with Crippen LogP contribution in [-0.4, -0.2) is 162 Å². The quantitative estimate of drug-likeness (QED) is 0.114. The topological polar surface area (TPSA) is 184 Å². The molecule has 2 atom stereocenters. The Kier molecular flexibility index (Phi) is 13.2. The molecular weight excluding hydrogens is 949 g/mol. The average molecular weight is 1010 g/mol. The van der Waals surface area contributed by atoms with Gasteiger partial charge in [0.15, 0.2) is 5.82 Å². The molecule has 3 amide bonds. The maximum absolute atomic E-state index is 17.4. The lowest BCUT2D eigenvalue weighted by molar-refractivity contribution is -0.136. The van der Waals surface area contributed by atoms with Crippen molar-refractivity contribution in [2.45, 2.75) is 63.6 Å². The third-order valence-corrected chi connectivity index (χ3v) is 16.3. The number of piperidine rings is 2. The van der Waals surface area contributed by atoms with E-state index in [4.69, 9.17) is 25.9 Å². The third kappa shape index (κ3) is 9.37. The second kappa shape index (κ2) is 19.9. The van der Waals surface area contributed by atoms with Crippen molar-refractivity contribution in [3.63, 3.8) is 0 Å². The molecule has 5 fully saturated rings. The molecule has 1 saturated carbocycles. The summed E-state index contributed by atoms with van der Waals surface area (Å²) in [6.45, 7) is 9.81. The standard InChI is InChI=1S/C55H59F2N11O6/c1-4-39-42(56)8-5-34-26-38(69)27-41(45(34)39)48-47(57)49-46(52(60-48)73-3)50(67-24-19-63(2)37(30-67)11-16-58)62-54(61-49)74-32-55(14-15-55)31-65-22-20-64(21-23-65)28-33-12-17-66(18-13-33)36-6-7-40-35(25-36)29-68(53(40)72)43-9-10-44(70)59-51(43)71/h1,5-8,25-27,33,37,43,69H,9-15,17-24,28-32H2,2-3H3,(H,59,70,71)/t37-,43?/m0/s1. The first-order valence-corrected chi connectivity index (χ1v) is 25.6. The molecule has 1 unspecified atom stereocenters. The van der Waals surface area contributed by atoms with Crippen LogP contribution in [0.15, 0.2) is 42.5 Å². The van der Waals surface area contributed by atoms with Crippen LogP contribution in [0.3, 0.4) is 0 Å². The first-order chi connectivity index (χ1) is 35.8. The first-order valence-electron chi connectivity index (χ1n) is 25.6. The highest BCUT2D eigenvalue weighted by atomic mass is 19.1. The van der Waals surface area contributed by atoms with Crippen molar-refractivity contribution in [3.05, 3.63) is 70.8 Å². The van der Waals surface area contributed by atoms with Crippen LogP contribution in [0.5, 0.6) is 17.6 Å². The number of phenols is 1. The van der Waals surface area contributed by atoms with Crippen molar-refractivity contribution in [2.75, 3.05) is 103 Å². The predicted octanol–water partition coefficient (Wildman–Crippen LogP) is 5.31. The number of likely N-dealkylation sites (N-methyl/N-ethyl adjacent to an activating group) is 1. The van der Waals surface area contributed by atoms with Crippen molar-refractivity contribution >= 4 is 50.9 Å². The number of amides is 3. The van der Waals surface area contributed by atoms with Crippen LogP contribution in [-0.2, 0) is 16.1 Å². The number of anilines is 2. The van der Waals surface area contributed by atoms with Crippen molar-refractivity contribution in [1.82, 2.24) is 39.9 Å². The van der Waals surface area contributed by atoms with Gasteiger partial charge in [0, 0.05) is 119 Å². The summed E-state index contributed by atoms with van der Waals surface area (Å²) in [5, 5.41) is 23.7. The number of nitrogens with zero attached hydrogens (tertiary/aromatic N) is 10. The molecule has 11 rings (SSSR count). The number of carbonyl (C=O) groups is 3. The van der Waals surface area contributed by atoms with E-state index in [-0.39, 0.29) is 86.9 Å². The summed E-state index contributed by atoms with van der Waals surface area (Å²) in [5.41, 5.74) is 2.13. The van der Waals surface area contributed by atoms with E-state index in [1.54, 1.807) is 4.90 Å². The molecular formula is C55H59F2N11O6. The van der Waals surface area contributed by atoms with Crippen LogP contribution >= 0.6 is 0 Å².